The van der Waals surface area contributed by atoms with Gasteiger partial charge in [-0.2, -0.15) is 4.31 Å². The molecule has 2 aromatic rings. The normalized spacial score (nSPS) is 20.1. The van der Waals surface area contributed by atoms with Crippen molar-refractivity contribution in [3.8, 4) is 0 Å². The Balaban J connectivity index is 1.89. The van der Waals surface area contributed by atoms with Gasteiger partial charge in [-0.1, -0.05) is 41.9 Å². The van der Waals surface area contributed by atoms with Gasteiger partial charge in [0.2, 0.25) is 10.0 Å². The highest BCUT2D eigenvalue weighted by atomic mass is 35.5. The Morgan fingerprint density at radius 3 is 2.37 bits per heavy atom. The molecular formula is C22H27ClN2O4S. The highest BCUT2D eigenvalue weighted by Gasteiger charge is 2.34. The lowest BCUT2D eigenvalue weighted by atomic mass is 10.1. The van der Waals surface area contributed by atoms with Crippen molar-refractivity contribution in [3.63, 3.8) is 0 Å². The van der Waals surface area contributed by atoms with Gasteiger partial charge < -0.3 is 9.64 Å². The van der Waals surface area contributed by atoms with Crippen molar-refractivity contribution in [2.45, 2.75) is 44.4 Å². The Morgan fingerprint density at radius 1 is 1.13 bits per heavy atom. The highest BCUT2D eigenvalue weighted by molar-refractivity contribution is 7.89. The molecule has 2 aromatic carbocycles. The number of morpholine rings is 1. The van der Waals surface area contributed by atoms with Gasteiger partial charge in [-0.3, -0.25) is 4.79 Å². The zero-order valence-corrected chi connectivity index (χ0v) is 19.0. The van der Waals surface area contributed by atoms with Crippen molar-refractivity contribution in [2.75, 3.05) is 19.6 Å². The van der Waals surface area contributed by atoms with E-state index in [0.717, 1.165) is 5.56 Å². The number of rotatable bonds is 6. The molecule has 6 nitrogen and oxygen atoms in total. The van der Waals surface area contributed by atoms with E-state index in [1.54, 1.807) is 11.0 Å². The summed E-state index contributed by atoms with van der Waals surface area (Å²) in [7, 11) is -3.86. The van der Waals surface area contributed by atoms with Gasteiger partial charge in [0.15, 0.2) is 0 Å². The summed E-state index contributed by atoms with van der Waals surface area (Å²) in [6.45, 7) is 7.00. The van der Waals surface area contributed by atoms with Crippen LogP contribution in [0.5, 0.6) is 0 Å². The molecule has 0 N–H and O–H groups in total. The molecule has 1 fully saturated rings. The fraction of sp³-hybridized carbons (Fsp3) is 0.409. The van der Waals surface area contributed by atoms with E-state index < -0.39 is 10.0 Å². The van der Waals surface area contributed by atoms with Gasteiger partial charge in [-0.05, 0) is 44.5 Å². The molecule has 1 saturated heterocycles. The monoisotopic (exact) mass is 450 g/mol. The zero-order chi connectivity index (χ0) is 21.9. The van der Waals surface area contributed by atoms with E-state index in [4.69, 9.17) is 16.3 Å². The van der Waals surface area contributed by atoms with Gasteiger partial charge in [-0.15, -0.1) is 0 Å². The first-order valence-corrected chi connectivity index (χ1v) is 11.8. The molecule has 2 atom stereocenters. The van der Waals surface area contributed by atoms with Crippen LogP contribution in [0.3, 0.4) is 0 Å². The van der Waals surface area contributed by atoms with Crippen LogP contribution in [0, 0.1) is 0 Å². The average Bonchev–Trinajstić information content (AvgIpc) is 2.71. The first kappa shape index (κ1) is 22.7. The summed E-state index contributed by atoms with van der Waals surface area (Å²) in [5.74, 6) is -0.238. The second-order valence-electron chi connectivity index (χ2n) is 7.53. The maximum Gasteiger partial charge on any atom is 0.254 e. The minimum absolute atomic E-state index is 0.0490. The van der Waals surface area contributed by atoms with E-state index in [9.17, 15) is 13.2 Å². The standard InChI is InChI=1S/C22H27ClN2O4S/c1-4-24(15-18-8-6-5-7-9-18)22(26)19-10-11-20(23)21(12-19)30(27,28)25-13-16(2)29-17(3)14-25/h5-12,16-17H,4,13-15H2,1-3H3. The molecule has 1 amide bonds. The largest absolute Gasteiger partial charge is 0.373 e. The quantitative estimate of drug-likeness (QED) is 0.671. The number of benzene rings is 2. The molecule has 0 spiro atoms. The average molecular weight is 451 g/mol. The topological polar surface area (TPSA) is 66.9 Å². The summed E-state index contributed by atoms with van der Waals surface area (Å²) >= 11 is 6.26. The van der Waals surface area contributed by atoms with Crippen LogP contribution in [-0.4, -0.2) is 55.4 Å². The molecule has 1 aliphatic rings. The fourth-order valence-corrected chi connectivity index (χ4v) is 5.70. The van der Waals surface area contributed by atoms with Crippen molar-refractivity contribution < 1.29 is 17.9 Å². The Morgan fingerprint density at radius 2 is 1.77 bits per heavy atom. The first-order valence-electron chi connectivity index (χ1n) is 10.0. The lowest BCUT2D eigenvalue weighted by Crippen LogP contribution is -2.48. The van der Waals surface area contributed by atoms with E-state index in [1.165, 1.54) is 16.4 Å². The molecule has 1 aliphatic heterocycles. The number of carbonyl (C=O) groups excluding carboxylic acids is 1. The Hall–Kier alpha value is -1.93. The third kappa shape index (κ3) is 5.03. The summed E-state index contributed by atoms with van der Waals surface area (Å²) in [5.41, 5.74) is 1.30. The van der Waals surface area contributed by atoms with Crippen molar-refractivity contribution in [3.05, 3.63) is 64.7 Å². The lowest BCUT2D eigenvalue weighted by molar-refractivity contribution is -0.0440. The zero-order valence-electron chi connectivity index (χ0n) is 17.4. The minimum atomic E-state index is -3.86. The van der Waals surface area contributed by atoms with Gasteiger partial charge in [0.25, 0.3) is 5.91 Å². The molecule has 3 rings (SSSR count). The number of hydrogen-bond acceptors (Lipinski definition) is 4. The molecule has 0 aromatic heterocycles. The summed E-state index contributed by atoms with van der Waals surface area (Å²) in [5, 5.41) is 0.101. The molecule has 0 aliphatic carbocycles. The second kappa shape index (κ2) is 9.47. The van der Waals surface area contributed by atoms with Gasteiger partial charge in [0.05, 0.1) is 17.2 Å². The molecular weight excluding hydrogens is 424 g/mol. The van der Waals surface area contributed by atoms with E-state index in [0.29, 0.717) is 18.7 Å². The van der Waals surface area contributed by atoms with Crippen LogP contribution in [0.4, 0.5) is 0 Å². The van der Waals surface area contributed by atoms with Crippen LogP contribution >= 0.6 is 11.6 Å². The first-order chi connectivity index (χ1) is 14.2. The van der Waals surface area contributed by atoms with Crippen molar-refractivity contribution in [1.82, 2.24) is 9.21 Å². The molecule has 162 valence electrons. The number of ether oxygens (including phenoxy) is 1. The smallest absolute Gasteiger partial charge is 0.254 e. The van der Waals surface area contributed by atoms with Gasteiger partial charge in [0.1, 0.15) is 4.90 Å². The number of nitrogens with zero attached hydrogens (tertiary/aromatic N) is 2. The third-order valence-corrected chi connectivity index (χ3v) is 7.38. The number of sulfonamides is 1. The minimum Gasteiger partial charge on any atom is -0.373 e. The van der Waals surface area contributed by atoms with Crippen molar-refractivity contribution in [1.29, 1.82) is 0 Å². The Bertz CT molecular complexity index is 987. The Kier molecular flexibility index (Phi) is 7.18. The molecule has 0 saturated carbocycles. The number of halogens is 1. The van der Waals surface area contributed by atoms with Crippen LogP contribution in [0.2, 0.25) is 5.02 Å². The molecule has 0 radical (unpaired) electrons. The molecule has 1 heterocycles. The van der Waals surface area contributed by atoms with Crippen LogP contribution in [-0.2, 0) is 21.3 Å². The van der Waals surface area contributed by atoms with Gasteiger partial charge in [-0.25, -0.2) is 8.42 Å². The molecule has 2 unspecified atom stereocenters. The third-order valence-electron chi connectivity index (χ3n) is 5.07. The Labute approximate surface area is 183 Å². The van der Waals surface area contributed by atoms with Crippen LogP contribution in [0.1, 0.15) is 36.7 Å². The van der Waals surface area contributed by atoms with E-state index in [-0.39, 0.29) is 41.1 Å². The summed E-state index contributed by atoms with van der Waals surface area (Å²) in [6.07, 6.45) is -0.429. The maximum absolute atomic E-state index is 13.3. The predicted molar refractivity (Wildman–Crippen MR) is 117 cm³/mol. The summed E-state index contributed by atoms with van der Waals surface area (Å²) in [4.78, 5) is 14.7. The van der Waals surface area contributed by atoms with Crippen molar-refractivity contribution >= 4 is 27.5 Å². The summed E-state index contributed by atoms with van der Waals surface area (Å²) in [6, 6.07) is 14.1. The second-order valence-corrected chi connectivity index (χ2v) is 9.84. The number of hydrogen-bond donors (Lipinski definition) is 0. The lowest BCUT2D eigenvalue weighted by Gasteiger charge is -2.34. The summed E-state index contributed by atoms with van der Waals surface area (Å²) < 4.78 is 33.6. The van der Waals surface area contributed by atoms with E-state index in [2.05, 4.69) is 0 Å². The molecule has 0 bridgehead atoms. The van der Waals surface area contributed by atoms with Gasteiger partial charge >= 0.3 is 0 Å². The highest BCUT2D eigenvalue weighted by Crippen LogP contribution is 2.28. The van der Waals surface area contributed by atoms with Crippen LogP contribution in [0.15, 0.2) is 53.4 Å². The van der Waals surface area contributed by atoms with E-state index in [1.807, 2.05) is 51.1 Å². The van der Waals surface area contributed by atoms with E-state index >= 15 is 0 Å². The fourth-order valence-electron chi connectivity index (χ4n) is 3.61. The maximum atomic E-state index is 13.3. The van der Waals surface area contributed by atoms with Crippen LogP contribution in [0.25, 0.3) is 0 Å². The van der Waals surface area contributed by atoms with Crippen molar-refractivity contribution in [2.24, 2.45) is 0 Å². The van der Waals surface area contributed by atoms with Crippen LogP contribution < -0.4 is 0 Å². The molecule has 30 heavy (non-hydrogen) atoms. The van der Waals surface area contributed by atoms with Gasteiger partial charge in [0, 0.05) is 31.7 Å². The number of amides is 1. The number of carbonyl (C=O) groups is 1. The SMILES string of the molecule is CCN(Cc1ccccc1)C(=O)c1ccc(Cl)c(S(=O)(=O)N2CC(C)OC(C)C2)c1. The predicted octanol–water partition coefficient (Wildman–Crippen LogP) is 3.80. The molecule has 8 heteroatoms.